The molecular weight excluding hydrogens is 261 g/mol. The third kappa shape index (κ3) is 3.78. The smallest absolute Gasteiger partial charge is 0.141 e. The molecule has 1 heterocycles. The van der Waals surface area contributed by atoms with E-state index in [0.29, 0.717) is 11.1 Å². The molecule has 0 fully saturated rings. The van der Waals surface area contributed by atoms with Crippen LogP contribution in [-0.2, 0) is 0 Å². The molecule has 1 nitrogen and oxygen atoms in total. The molecule has 0 unspecified atom stereocenters. The maximum atomic E-state index is 14.9. The highest BCUT2D eigenvalue weighted by molar-refractivity contribution is 5.72. The molecule has 0 bridgehead atoms. The molecule has 0 aliphatic heterocycles. The fourth-order valence-electron chi connectivity index (χ4n) is 2.42. The summed E-state index contributed by atoms with van der Waals surface area (Å²) >= 11 is 0. The van der Waals surface area contributed by atoms with Gasteiger partial charge in [-0.05, 0) is 24.0 Å². The summed E-state index contributed by atoms with van der Waals surface area (Å²) in [6.45, 7) is 4.25. The molecule has 0 saturated carbocycles. The van der Waals surface area contributed by atoms with Crippen LogP contribution >= 0.6 is 0 Å². The first-order valence-corrected chi connectivity index (χ1v) is 7.66. The number of allylic oxidation sites excluding steroid dienone is 2. The van der Waals surface area contributed by atoms with E-state index in [-0.39, 0.29) is 5.82 Å². The molecule has 0 N–H and O–H groups in total. The van der Waals surface area contributed by atoms with Crippen molar-refractivity contribution in [3.05, 3.63) is 60.2 Å². The van der Waals surface area contributed by atoms with Crippen LogP contribution in [-0.4, -0.2) is 4.98 Å². The number of hydrogen-bond donors (Lipinski definition) is 0. The molecule has 0 spiro atoms. The Bertz CT molecular complexity index is 602. The predicted octanol–water partition coefficient (Wildman–Crippen LogP) is 5.87. The van der Waals surface area contributed by atoms with E-state index in [0.717, 1.165) is 36.8 Å². The maximum Gasteiger partial charge on any atom is 0.141 e. The maximum absolute atomic E-state index is 14.9. The van der Waals surface area contributed by atoms with E-state index >= 15 is 0 Å². The monoisotopic (exact) mass is 283 g/mol. The van der Waals surface area contributed by atoms with E-state index < -0.39 is 0 Å². The van der Waals surface area contributed by atoms with E-state index in [1.165, 1.54) is 0 Å². The minimum Gasteiger partial charge on any atom is -0.263 e. The molecule has 0 radical (unpaired) electrons. The molecule has 2 rings (SSSR count). The largest absolute Gasteiger partial charge is 0.263 e. The fraction of sp³-hybridized carbons (Fsp3) is 0.316. The van der Waals surface area contributed by atoms with Crippen LogP contribution in [0.4, 0.5) is 4.39 Å². The Morgan fingerprint density at radius 2 is 1.86 bits per heavy atom. The quantitative estimate of drug-likeness (QED) is 0.646. The summed E-state index contributed by atoms with van der Waals surface area (Å²) < 4.78 is 14.9. The third-order valence-corrected chi connectivity index (χ3v) is 3.51. The molecule has 0 saturated heterocycles. The number of halogens is 1. The number of rotatable bonds is 6. The van der Waals surface area contributed by atoms with Gasteiger partial charge in [0.2, 0.25) is 0 Å². The Morgan fingerprint density at radius 1 is 1.10 bits per heavy atom. The zero-order valence-corrected chi connectivity index (χ0v) is 12.8. The van der Waals surface area contributed by atoms with Gasteiger partial charge in [0.05, 0.1) is 0 Å². The lowest BCUT2D eigenvalue weighted by molar-refractivity contribution is 0.624. The summed E-state index contributed by atoms with van der Waals surface area (Å²) in [6, 6.07) is 9.60. The second-order valence-electron chi connectivity index (χ2n) is 5.18. The van der Waals surface area contributed by atoms with E-state index in [1.54, 1.807) is 12.4 Å². The van der Waals surface area contributed by atoms with Crippen LogP contribution < -0.4 is 0 Å². The fourth-order valence-corrected chi connectivity index (χ4v) is 2.42. The Morgan fingerprint density at radius 3 is 2.52 bits per heavy atom. The highest BCUT2D eigenvalue weighted by atomic mass is 19.1. The molecule has 0 aliphatic rings. The molecule has 0 aliphatic carbocycles. The minimum atomic E-state index is -0.160. The van der Waals surface area contributed by atoms with Crippen LogP contribution in [0.2, 0.25) is 0 Å². The second kappa shape index (κ2) is 7.72. The van der Waals surface area contributed by atoms with Gasteiger partial charge in [0, 0.05) is 23.5 Å². The van der Waals surface area contributed by atoms with E-state index in [9.17, 15) is 4.39 Å². The SMILES string of the molecule is CCC/C=C(\CCC)c1cncc(-c2ccccc2)c1F. The normalized spacial score (nSPS) is 11.7. The molecule has 110 valence electrons. The third-order valence-electron chi connectivity index (χ3n) is 3.51. The van der Waals surface area contributed by atoms with Crippen molar-refractivity contribution in [1.82, 2.24) is 4.98 Å². The summed E-state index contributed by atoms with van der Waals surface area (Å²) in [6.07, 6.45) is 9.35. The number of benzene rings is 1. The van der Waals surface area contributed by atoms with Crippen molar-refractivity contribution in [2.45, 2.75) is 39.5 Å². The zero-order chi connectivity index (χ0) is 15.1. The molecular formula is C19H22FN. The van der Waals surface area contributed by atoms with E-state index in [1.807, 2.05) is 30.3 Å². The van der Waals surface area contributed by atoms with Gasteiger partial charge in [-0.1, -0.05) is 63.1 Å². The first-order chi connectivity index (χ1) is 10.3. The molecule has 1 aromatic carbocycles. The molecule has 0 atom stereocenters. The van der Waals surface area contributed by atoms with E-state index in [2.05, 4.69) is 24.9 Å². The summed E-state index contributed by atoms with van der Waals surface area (Å²) in [5, 5.41) is 0. The summed E-state index contributed by atoms with van der Waals surface area (Å²) in [4.78, 5) is 4.25. The lowest BCUT2D eigenvalue weighted by Crippen LogP contribution is -1.96. The van der Waals surface area contributed by atoms with Crippen LogP contribution in [0.1, 0.15) is 45.1 Å². The minimum absolute atomic E-state index is 0.160. The van der Waals surface area contributed by atoms with Gasteiger partial charge < -0.3 is 0 Å². The van der Waals surface area contributed by atoms with Crippen LogP contribution in [0.3, 0.4) is 0 Å². The van der Waals surface area contributed by atoms with Crippen molar-refractivity contribution >= 4 is 5.57 Å². The molecule has 21 heavy (non-hydrogen) atoms. The lowest BCUT2D eigenvalue weighted by Gasteiger charge is -2.11. The molecule has 1 aromatic heterocycles. The lowest BCUT2D eigenvalue weighted by atomic mass is 9.97. The molecule has 2 aromatic rings. The standard InChI is InChI=1S/C19H22FN/c1-3-5-10-15(9-4-2)17-13-21-14-18(19(17)20)16-11-7-6-8-12-16/h6-8,10-14H,3-5,9H2,1-2H3/b15-10+. The second-order valence-corrected chi connectivity index (χ2v) is 5.18. The Hall–Kier alpha value is -1.96. The first-order valence-electron chi connectivity index (χ1n) is 7.66. The average molecular weight is 283 g/mol. The highest BCUT2D eigenvalue weighted by Gasteiger charge is 2.13. The van der Waals surface area contributed by atoms with Crippen LogP contribution in [0.15, 0.2) is 48.8 Å². The van der Waals surface area contributed by atoms with Crippen molar-refractivity contribution in [1.29, 1.82) is 0 Å². The van der Waals surface area contributed by atoms with Crippen molar-refractivity contribution in [3.63, 3.8) is 0 Å². The highest BCUT2D eigenvalue weighted by Crippen LogP contribution is 2.29. The molecule has 2 heteroatoms. The number of unbranched alkanes of at least 4 members (excludes halogenated alkanes) is 1. The van der Waals surface area contributed by atoms with Crippen LogP contribution in [0, 0.1) is 5.82 Å². The number of pyridine rings is 1. The number of nitrogens with zero attached hydrogens (tertiary/aromatic N) is 1. The van der Waals surface area contributed by atoms with Gasteiger partial charge in [0.25, 0.3) is 0 Å². The van der Waals surface area contributed by atoms with Gasteiger partial charge >= 0.3 is 0 Å². The Kier molecular flexibility index (Phi) is 5.68. The van der Waals surface area contributed by atoms with Crippen molar-refractivity contribution in [2.24, 2.45) is 0 Å². The number of hydrogen-bond acceptors (Lipinski definition) is 1. The van der Waals surface area contributed by atoms with Crippen LogP contribution in [0.25, 0.3) is 16.7 Å². The topological polar surface area (TPSA) is 12.9 Å². The average Bonchev–Trinajstić information content (AvgIpc) is 2.53. The van der Waals surface area contributed by atoms with Gasteiger partial charge in [-0.15, -0.1) is 0 Å². The van der Waals surface area contributed by atoms with Gasteiger partial charge in [-0.25, -0.2) is 4.39 Å². The number of aromatic nitrogens is 1. The summed E-state index contributed by atoms with van der Waals surface area (Å²) in [5.41, 5.74) is 3.16. The Labute approximate surface area is 126 Å². The van der Waals surface area contributed by atoms with Gasteiger partial charge in [0.15, 0.2) is 0 Å². The first kappa shape index (κ1) is 15.4. The van der Waals surface area contributed by atoms with Crippen molar-refractivity contribution in [3.8, 4) is 11.1 Å². The Balaban J connectivity index is 2.45. The van der Waals surface area contributed by atoms with Gasteiger partial charge in [0.1, 0.15) is 5.82 Å². The summed E-state index contributed by atoms with van der Waals surface area (Å²) in [7, 11) is 0. The van der Waals surface area contributed by atoms with Gasteiger partial charge in [-0.2, -0.15) is 0 Å². The van der Waals surface area contributed by atoms with Gasteiger partial charge in [-0.3, -0.25) is 4.98 Å². The zero-order valence-electron chi connectivity index (χ0n) is 12.8. The molecule has 0 amide bonds. The predicted molar refractivity (Wildman–Crippen MR) is 87.4 cm³/mol. The van der Waals surface area contributed by atoms with Crippen molar-refractivity contribution in [2.75, 3.05) is 0 Å². The van der Waals surface area contributed by atoms with E-state index in [4.69, 9.17) is 0 Å². The summed E-state index contributed by atoms with van der Waals surface area (Å²) in [5.74, 6) is -0.160. The van der Waals surface area contributed by atoms with Crippen molar-refractivity contribution < 1.29 is 4.39 Å². The van der Waals surface area contributed by atoms with Crippen LogP contribution in [0.5, 0.6) is 0 Å².